The molecule has 4 heteroatoms. The average molecular weight is 230 g/mol. The van der Waals surface area contributed by atoms with Crippen LogP contribution in [0.1, 0.15) is 30.4 Å². The van der Waals surface area contributed by atoms with E-state index in [-0.39, 0.29) is 12.4 Å². The van der Waals surface area contributed by atoms with Crippen LogP contribution < -0.4 is 5.73 Å². The Hall–Kier alpha value is -1.22. The minimum absolute atomic E-state index is 0. The van der Waals surface area contributed by atoms with Crippen LogP contribution in [0.5, 0.6) is 0 Å². The van der Waals surface area contributed by atoms with Gasteiger partial charge in [0.25, 0.3) is 0 Å². The summed E-state index contributed by atoms with van der Waals surface area (Å²) >= 11 is 0. The lowest BCUT2D eigenvalue weighted by Gasteiger charge is -2.11. The van der Waals surface area contributed by atoms with Gasteiger partial charge in [0.2, 0.25) is 0 Å². The number of anilines is 1. The second kappa shape index (κ2) is 5.61. The number of carbonyl (C=O) groups is 1. The van der Waals surface area contributed by atoms with Crippen LogP contribution in [0.4, 0.5) is 5.69 Å². The number of nitrogens with two attached hydrogens (primary N) is 1. The number of carboxylic acids is 1. The summed E-state index contributed by atoms with van der Waals surface area (Å²) in [7, 11) is 0. The summed E-state index contributed by atoms with van der Waals surface area (Å²) in [4.78, 5) is 10.9. The zero-order valence-corrected chi connectivity index (χ0v) is 9.67. The van der Waals surface area contributed by atoms with Crippen LogP contribution in [-0.4, -0.2) is 11.1 Å². The van der Waals surface area contributed by atoms with E-state index in [1.54, 1.807) is 12.1 Å². The lowest BCUT2D eigenvalue weighted by atomic mass is 9.95. The first-order valence-corrected chi connectivity index (χ1v) is 4.65. The Morgan fingerprint density at radius 1 is 1.53 bits per heavy atom. The van der Waals surface area contributed by atoms with Gasteiger partial charge >= 0.3 is 5.97 Å². The van der Waals surface area contributed by atoms with E-state index in [9.17, 15) is 4.79 Å². The molecule has 1 rings (SSSR count). The van der Waals surface area contributed by atoms with Gasteiger partial charge in [-0.25, -0.2) is 0 Å². The average Bonchev–Trinajstić information content (AvgIpc) is 2.11. The molecule has 0 saturated heterocycles. The van der Waals surface area contributed by atoms with Crippen molar-refractivity contribution < 1.29 is 9.90 Å². The van der Waals surface area contributed by atoms with Crippen molar-refractivity contribution in [2.75, 3.05) is 5.73 Å². The summed E-state index contributed by atoms with van der Waals surface area (Å²) in [5.74, 6) is -1.20. The van der Waals surface area contributed by atoms with Gasteiger partial charge in [-0.3, -0.25) is 4.79 Å². The van der Waals surface area contributed by atoms with E-state index in [4.69, 9.17) is 10.8 Å². The Labute approximate surface area is 95.7 Å². The van der Waals surface area contributed by atoms with Gasteiger partial charge in [0.15, 0.2) is 0 Å². The molecule has 0 amide bonds. The fourth-order valence-electron chi connectivity index (χ4n) is 1.47. The highest BCUT2D eigenvalue weighted by atomic mass is 35.5. The number of aliphatic carboxylic acids is 1. The Balaban J connectivity index is 0.00000196. The van der Waals surface area contributed by atoms with Gasteiger partial charge in [-0.05, 0) is 30.5 Å². The lowest BCUT2D eigenvalue weighted by Crippen LogP contribution is -2.10. The van der Waals surface area contributed by atoms with Crippen LogP contribution >= 0.6 is 12.4 Å². The van der Waals surface area contributed by atoms with E-state index in [1.165, 1.54) is 0 Å². The van der Waals surface area contributed by atoms with Gasteiger partial charge in [0.1, 0.15) is 0 Å². The highest BCUT2D eigenvalue weighted by Crippen LogP contribution is 2.23. The Morgan fingerprint density at radius 3 is 2.53 bits per heavy atom. The van der Waals surface area contributed by atoms with E-state index in [1.807, 2.05) is 19.9 Å². The van der Waals surface area contributed by atoms with Gasteiger partial charge in [0, 0.05) is 5.69 Å². The predicted molar refractivity (Wildman–Crippen MR) is 63.5 cm³/mol. The molecule has 0 radical (unpaired) electrons. The molecule has 0 fully saturated rings. The van der Waals surface area contributed by atoms with Gasteiger partial charge in [-0.15, -0.1) is 12.4 Å². The summed E-state index contributed by atoms with van der Waals surface area (Å²) in [5.41, 5.74) is 8.12. The molecule has 84 valence electrons. The van der Waals surface area contributed by atoms with Crippen molar-refractivity contribution in [3.8, 4) is 0 Å². The predicted octanol–water partition coefficient (Wildman–Crippen LogP) is 2.58. The van der Waals surface area contributed by atoms with Crippen molar-refractivity contribution in [3.05, 3.63) is 29.3 Å². The minimum Gasteiger partial charge on any atom is -0.481 e. The highest BCUT2D eigenvalue weighted by molar-refractivity contribution is 5.85. The Kier molecular flexibility index (Phi) is 5.15. The highest BCUT2D eigenvalue weighted by Gasteiger charge is 2.17. The number of hydrogen-bond acceptors (Lipinski definition) is 2. The SMILES string of the molecule is CCC(C(=O)O)c1ccc(N)c(C)c1.Cl. The van der Waals surface area contributed by atoms with Crippen molar-refractivity contribution >= 4 is 24.1 Å². The first-order chi connectivity index (χ1) is 6.56. The summed E-state index contributed by atoms with van der Waals surface area (Å²) < 4.78 is 0. The van der Waals surface area contributed by atoms with Crippen LogP contribution in [0, 0.1) is 6.92 Å². The second-order valence-corrected chi connectivity index (χ2v) is 3.42. The molecule has 0 aliphatic rings. The van der Waals surface area contributed by atoms with E-state index < -0.39 is 11.9 Å². The van der Waals surface area contributed by atoms with Crippen LogP contribution in [0.25, 0.3) is 0 Å². The molecule has 1 aromatic rings. The molecular formula is C11H16ClNO2. The number of rotatable bonds is 3. The third kappa shape index (κ3) is 3.13. The molecule has 0 aliphatic heterocycles. The van der Waals surface area contributed by atoms with Crippen molar-refractivity contribution in [1.29, 1.82) is 0 Å². The largest absolute Gasteiger partial charge is 0.481 e. The number of carboxylic acid groups (broad SMARTS) is 1. The fourth-order valence-corrected chi connectivity index (χ4v) is 1.47. The number of halogens is 1. The quantitative estimate of drug-likeness (QED) is 0.783. The molecule has 1 aromatic carbocycles. The van der Waals surface area contributed by atoms with E-state index in [0.717, 1.165) is 11.1 Å². The maximum Gasteiger partial charge on any atom is 0.310 e. The summed E-state index contributed by atoms with van der Waals surface area (Å²) in [6.45, 7) is 3.75. The van der Waals surface area contributed by atoms with E-state index in [2.05, 4.69) is 0 Å². The van der Waals surface area contributed by atoms with Crippen molar-refractivity contribution in [3.63, 3.8) is 0 Å². The molecule has 0 spiro atoms. The molecule has 0 aliphatic carbocycles. The molecule has 3 nitrogen and oxygen atoms in total. The molecule has 15 heavy (non-hydrogen) atoms. The molecule has 3 N–H and O–H groups in total. The standard InChI is InChI=1S/C11H15NO2.ClH/c1-3-9(11(13)14)8-4-5-10(12)7(2)6-8;/h4-6,9H,3,12H2,1-2H3,(H,13,14);1H. The molecular weight excluding hydrogens is 214 g/mol. The zero-order valence-electron chi connectivity index (χ0n) is 8.86. The van der Waals surface area contributed by atoms with E-state index >= 15 is 0 Å². The molecule has 1 atom stereocenters. The van der Waals surface area contributed by atoms with Gasteiger partial charge in [-0.2, -0.15) is 0 Å². The third-order valence-corrected chi connectivity index (χ3v) is 2.40. The second-order valence-electron chi connectivity index (χ2n) is 3.42. The molecule has 0 saturated carbocycles. The number of nitrogen functional groups attached to an aromatic ring is 1. The van der Waals surface area contributed by atoms with Crippen molar-refractivity contribution in [2.45, 2.75) is 26.2 Å². The summed E-state index contributed by atoms with van der Waals surface area (Å²) in [6.07, 6.45) is 0.596. The van der Waals surface area contributed by atoms with E-state index in [0.29, 0.717) is 12.1 Å². The smallest absolute Gasteiger partial charge is 0.310 e. The Bertz CT molecular complexity index is 352. The normalized spacial score (nSPS) is 11.6. The fraction of sp³-hybridized carbons (Fsp3) is 0.364. The monoisotopic (exact) mass is 229 g/mol. The molecule has 0 heterocycles. The Morgan fingerprint density at radius 2 is 2.13 bits per heavy atom. The molecule has 0 aromatic heterocycles. The number of hydrogen-bond donors (Lipinski definition) is 2. The van der Waals surface area contributed by atoms with Crippen molar-refractivity contribution in [2.24, 2.45) is 0 Å². The maximum atomic E-state index is 10.9. The number of benzene rings is 1. The number of aryl methyl sites for hydroxylation is 1. The first kappa shape index (κ1) is 13.8. The van der Waals surface area contributed by atoms with Crippen LogP contribution in [-0.2, 0) is 4.79 Å². The zero-order chi connectivity index (χ0) is 10.7. The molecule has 0 bridgehead atoms. The summed E-state index contributed by atoms with van der Waals surface area (Å²) in [5, 5.41) is 8.96. The lowest BCUT2D eigenvalue weighted by molar-refractivity contribution is -0.138. The van der Waals surface area contributed by atoms with Crippen LogP contribution in [0.3, 0.4) is 0 Å². The van der Waals surface area contributed by atoms with Gasteiger partial charge in [0.05, 0.1) is 5.92 Å². The van der Waals surface area contributed by atoms with Crippen LogP contribution in [0.2, 0.25) is 0 Å². The van der Waals surface area contributed by atoms with Crippen molar-refractivity contribution in [1.82, 2.24) is 0 Å². The van der Waals surface area contributed by atoms with Gasteiger partial charge in [-0.1, -0.05) is 19.1 Å². The first-order valence-electron chi connectivity index (χ1n) is 4.65. The minimum atomic E-state index is -0.781. The summed E-state index contributed by atoms with van der Waals surface area (Å²) in [6, 6.07) is 5.39. The molecule has 1 unspecified atom stereocenters. The van der Waals surface area contributed by atoms with Crippen LogP contribution in [0.15, 0.2) is 18.2 Å². The maximum absolute atomic E-state index is 10.9. The third-order valence-electron chi connectivity index (χ3n) is 2.40. The van der Waals surface area contributed by atoms with Gasteiger partial charge < -0.3 is 10.8 Å². The topological polar surface area (TPSA) is 63.3 Å².